The maximum atomic E-state index is 12.8. The van der Waals surface area contributed by atoms with Crippen LogP contribution in [0.25, 0.3) is 5.69 Å². The van der Waals surface area contributed by atoms with Crippen molar-refractivity contribution >= 4 is 29.6 Å². The van der Waals surface area contributed by atoms with Gasteiger partial charge in [-0.25, -0.2) is 9.69 Å². The van der Waals surface area contributed by atoms with Crippen LogP contribution in [0.5, 0.6) is 0 Å². The van der Waals surface area contributed by atoms with Crippen LogP contribution < -0.4 is 11.1 Å². The molecule has 30 heavy (non-hydrogen) atoms. The number of rotatable bonds is 6. The van der Waals surface area contributed by atoms with Crippen LogP contribution in [0, 0.1) is 5.41 Å². The molecule has 10 nitrogen and oxygen atoms in total. The largest absolute Gasteiger partial charge is 0.350 e. The maximum absolute atomic E-state index is 12.8. The Bertz CT molecular complexity index is 939. The van der Waals surface area contributed by atoms with Gasteiger partial charge >= 0.3 is 0 Å². The van der Waals surface area contributed by atoms with Crippen LogP contribution in [0.4, 0.5) is 0 Å². The quantitative estimate of drug-likeness (QED) is 0.706. The Morgan fingerprint density at radius 3 is 2.80 bits per heavy atom. The highest BCUT2D eigenvalue weighted by atomic mass is 35.5. The highest BCUT2D eigenvalue weighted by Crippen LogP contribution is 2.23. The summed E-state index contributed by atoms with van der Waals surface area (Å²) in [6.07, 6.45) is 3.83. The van der Waals surface area contributed by atoms with E-state index in [-0.39, 0.29) is 23.8 Å². The molecule has 2 amide bonds. The van der Waals surface area contributed by atoms with Gasteiger partial charge in [0.25, 0.3) is 5.91 Å². The Hall–Kier alpha value is -2.85. The van der Waals surface area contributed by atoms with Crippen LogP contribution in [0.1, 0.15) is 39.2 Å². The van der Waals surface area contributed by atoms with Gasteiger partial charge in [0.1, 0.15) is 12.4 Å². The summed E-state index contributed by atoms with van der Waals surface area (Å²) >= 11 is 6.11. The minimum Gasteiger partial charge on any atom is -0.350 e. The Balaban J connectivity index is 1.68. The van der Waals surface area contributed by atoms with Gasteiger partial charge in [0.05, 0.1) is 11.7 Å². The SMILES string of the molecule is CC(C)(C)C[C@@H](N)C(=O)N1N=CC[C@H]1C(=O)NCc1cc(Cl)ccc1-n1cnnn1. The van der Waals surface area contributed by atoms with Crippen molar-refractivity contribution in [2.45, 2.75) is 52.2 Å². The second kappa shape index (κ2) is 8.88. The molecule has 3 rings (SSSR count). The van der Waals surface area contributed by atoms with Gasteiger partial charge in [-0.3, -0.25) is 9.59 Å². The van der Waals surface area contributed by atoms with Crippen molar-refractivity contribution < 1.29 is 9.59 Å². The van der Waals surface area contributed by atoms with E-state index >= 15 is 0 Å². The molecule has 0 bridgehead atoms. The van der Waals surface area contributed by atoms with E-state index < -0.39 is 12.1 Å². The van der Waals surface area contributed by atoms with E-state index in [0.29, 0.717) is 23.6 Å². The number of hydrogen-bond acceptors (Lipinski definition) is 7. The van der Waals surface area contributed by atoms with Crippen molar-refractivity contribution in [3.63, 3.8) is 0 Å². The summed E-state index contributed by atoms with van der Waals surface area (Å²) in [5.41, 5.74) is 7.37. The average molecular weight is 433 g/mol. The zero-order chi connectivity index (χ0) is 21.9. The molecule has 160 valence electrons. The standard InChI is InChI=1S/C19H25ClN8O2/c1-19(2,3)9-14(21)18(30)28-16(6-7-24-28)17(29)22-10-12-8-13(20)4-5-15(12)27-11-23-25-26-27/h4-5,7-8,11,14,16H,6,9-10,21H2,1-3H3,(H,22,29)/t14-,16+/m1/s1. The van der Waals surface area contributed by atoms with Crippen molar-refractivity contribution in [2.75, 3.05) is 0 Å². The summed E-state index contributed by atoms with van der Waals surface area (Å²) in [4.78, 5) is 25.5. The van der Waals surface area contributed by atoms with E-state index in [2.05, 4.69) is 25.9 Å². The molecule has 0 aliphatic carbocycles. The lowest BCUT2D eigenvalue weighted by molar-refractivity contribution is -0.141. The molecule has 1 aromatic heterocycles. The second-order valence-corrected chi connectivity index (χ2v) is 8.79. The Morgan fingerprint density at radius 1 is 1.37 bits per heavy atom. The molecular weight excluding hydrogens is 408 g/mol. The number of nitrogens with zero attached hydrogens (tertiary/aromatic N) is 6. The third kappa shape index (κ3) is 5.19. The van der Waals surface area contributed by atoms with Gasteiger partial charge in [0.2, 0.25) is 5.91 Å². The topological polar surface area (TPSA) is 131 Å². The minimum absolute atomic E-state index is 0.116. The van der Waals surface area contributed by atoms with Gasteiger partial charge in [-0.05, 0) is 46.0 Å². The molecule has 1 aromatic carbocycles. The molecule has 2 heterocycles. The van der Waals surface area contributed by atoms with E-state index in [1.807, 2.05) is 20.8 Å². The highest BCUT2D eigenvalue weighted by Gasteiger charge is 2.36. The van der Waals surface area contributed by atoms with Crippen LogP contribution >= 0.6 is 11.6 Å². The summed E-state index contributed by atoms with van der Waals surface area (Å²) in [5, 5.41) is 19.8. The molecule has 1 aliphatic heterocycles. The zero-order valence-electron chi connectivity index (χ0n) is 17.1. The predicted octanol–water partition coefficient (Wildman–Crippen LogP) is 1.28. The van der Waals surface area contributed by atoms with Crippen LogP contribution in [0.15, 0.2) is 29.6 Å². The lowest BCUT2D eigenvalue weighted by Gasteiger charge is -2.27. The number of aromatic nitrogens is 4. The Kier molecular flexibility index (Phi) is 6.47. The van der Waals surface area contributed by atoms with Gasteiger partial charge in [-0.2, -0.15) is 5.10 Å². The van der Waals surface area contributed by atoms with E-state index in [1.165, 1.54) is 16.0 Å². The number of carbonyl (C=O) groups is 2. The fourth-order valence-corrected chi connectivity index (χ4v) is 3.45. The minimum atomic E-state index is -0.737. The van der Waals surface area contributed by atoms with E-state index in [1.54, 1.807) is 24.4 Å². The first-order valence-electron chi connectivity index (χ1n) is 9.56. The van der Waals surface area contributed by atoms with Crippen LogP contribution in [-0.4, -0.2) is 55.3 Å². The number of hydrogen-bond donors (Lipinski definition) is 2. The summed E-state index contributed by atoms with van der Waals surface area (Å²) in [6.45, 7) is 6.20. The number of hydrazone groups is 1. The summed E-state index contributed by atoms with van der Waals surface area (Å²) in [5.74, 6) is -0.692. The fourth-order valence-electron chi connectivity index (χ4n) is 3.25. The molecule has 2 atom stereocenters. The van der Waals surface area contributed by atoms with Crippen molar-refractivity contribution in [2.24, 2.45) is 16.3 Å². The molecule has 0 saturated carbocycles. The number of tetrazole rings is 1. The molecule has 2 aromatic rings. The van der Waals surface area contributed by atoms with Crippen molar-refractivity contribution in [1.29, 1.82) is 0 Å². The van der Waals surface area contributed by atoms with Crippen LogP contribution in [0.3, 0.4) is 0 Å². The van der Waals surface area contributed by atoms with E-state index in [0.717, 1.165) is 5.56 Å². The van der Waals surface area contributed by atoms with E-state index in [4.69, 9.17) is 17.3 Å². The molecular formula is C19H25ClN8O2. The van der Waals surface area contributed by atoms with Crippen LogP contribution in [-0.2, 0) is 16.1 Å². The normalized spacial score (nSPS) is 17.2. The highest BCUT2D eigenvalue weighted by molar-refractivity contribution is 6.30. The van der Waals surface area contributed by atoms with Gasteiger partial charge in [-0.1, -0.05) is 32.4 Å². The van der Waals surface area contributed by atoms with Gasteiger partial charge < -0.3 is 11.1 Å². The second-order valence-electron chi connectivity index (χ2n) is 8.35. The third-order valence-corrected chi connectivity index (χ3v) is 4.83. The lowest BCUT2D eigenvalue weighted by atomic mass is 9.88. The Labute approximate surface area is 179 Å². The summed E-state index contributed by atoms with van der Waals surface area (Å²) in [6, 6.07) is 3.74. The van der Waals surface area contributed by atoms with Gasteiger partial charge in [-0.15, -0.1) is 5.10 Å². The smallest absolute Gasteiger partial charge is 0.260 e. The van der Waals surface area contributed by atoms with Crippen molar-refractivity contribution in [3.05, 3.63) is 35.1 Å². The summed E-state index contributed by atoms with van der Waals surface area (Å²) < 4.78 is 1.48. The zero-order valence-corrected chi connectivity index (χ0v) is 17.9. The number of carbonyl (C=O) groups excluding carboxylic acids is 2. The molecule has 0 spiro atoms. The molecule has 0 unspecified atom stereocenters. The first kappa shape index (κ1) is 21.8. The Morgan fingerprint density at radius 2 is 2.13 bits per heavy atom. The lowest BCUT2D eigenvalue weighted by Crippen LogP contribution is -2.50. The number of nitrogens with two attached hydrogens (primary N) is 1. The van der Waals surface area contributed by atoms with Gasteiger partial charge in [0.15, 0.2) is 0 Å². The maximum Gasteiger partial charge on any atom is 0.260 e. The molecule has 0 radical (unpaired) electrons. The van der Waals surface area contributed by atoms with Crippen LogP contribution in [0.2, 0.25) is 5.02 Å². The monoisotopic (exact) mass is 432 g/mol. The fraction of sp³-hybridized carbons (Fsp3) is 0.474. The molecule has 0 saturated heterocycles. The number of nitrogens with one attached hydrogen (secondary N) is 1. The number of halogens is 1. The third-order valence-electron chi connectivity index (χ3n) is 4.60. The van der Waals surface area contributed by atoms with E-state index in [9.17, 15) is 9.59 Å². The first-order valence-corrected chi connectivity index (χ1v) is 9.94. The number of amides is 2. The molecule has 11 heteroatoms. The summed E-state index contributed by atoms with van der Waals surface area (Å²) in [7, 11) is 0. The van der Waals surface area contributed by atoms with Gasteiger partial charge in [0, 0.05) is 24.2 Å². The molecule has 3 N–H and O–H groups in total. The number of benzene rings is 1. The first-order chi connectivity index (χ1) is 14.2. The molecule has 0 fully saturated rings. The average Bonchev–Trinajstić information content (AvgIpc) is 3.36. The predicted molar refractivity (Wildman–Crippen MR) is 112 cm³/mol. The van der Waals surface area contributed by atoms with Crippen molar-refractivity contribution in [3.8, 4) is 5.69 Å². The van der Waals surface area contributed by atoms with Crippen molar-refractivity contribution in [1.82, 2.24) is 30.5 Å². The molecule has 1 aliphatic rings.